The molecule has 1 saturated heterocycles. The van der Waals surface area contributed by atoms with Crippen LogP contribution in [-0.4, -0.2) is 29.4 Å². The highest BCUT2D eigenvalue weighted by atomic mass is 35.5. The molecule has 0 amide bonds. The number of alkyl halides is 3. The Labute approximate surface area is 135 Å². The van der Waals surface area contributed by atoms with Gasteiger partial charge in [-0.3, -0.25) is 10.9 Å². The summed E-state index contributed by atoms with van der Waals surface area (Å²) in [6.45, 7) is 1.30. The highest BCUT2D eigenvalue weighted by Gasteiger charge is 2.31. The van der Waals surface area contributed by atoms with Crippen molar-refractivity contribution >= 4 is 34.7 Å². The van der Waals surface area contributed by atoms with E-state index in [-0.39, 0.29) is 22.1 Å². The molecule has 0 bridgehead atoms. The lowest BCUT2D eigenvalue weighted by Gasteiger charge is -2.15. The van der Waals surface area contributed by atoms with Crippen LogP contribution in [0.4, 0.5) is 19.0 Å². The third-order valence-corrected chi connectivity index (χ3v) is 3.51. The molecule has 10 heteroatoms. The van der Waals surface area contributed by atoms with E-state index in [0.717, 1.165) is 25.5 Å². The summed E-state index contributed by atoms with van der Waals surface area (Å²) in [7, 11) is 0. The van der Waals surface area contributed by atoms with Crippen molar-refractivity contribution in [3.05, 3.63) is 22.8 Å². The maximum atomic E-state index is 12.5. The Morgan fingerprint density at radius 3 is 2.86 bits per heavy atom. The molecule has 0 spiro atoms. The second-order valence-corrected chi connectivity index (χ2v) is 5.46. The predicted octanol–water partition coefficient (Wildman–Crippen LogP) is 2.72. The van der Waals surface area contributed by atoms with Gasteiger partial charge in [0.15, 0.2) is 10.9 Å². The van der Waals surface area contributed by atoms with Gasteiger partial charge in [-0.05, 0) is 31.1 Å². The fourth-order valence-corrected chi connectivity index (χ4v) is 2.20. The van der Waals surface area contributed by atoms with Crippen molar-refractivity contribution in [3.63, 3.8) is 0 Å². The molecule has 0 unspecified atom stereocenters. The van der Waals surface area contributed by atoms with E-state index in [9.17, 15) is 13.2 Å². The van der Waals surface area contributed by atoms with E-state index in [4.69, 9.17) is 28.6 Å². The summed E-state index contributed by atoms with van der Waals surface area (Å²) in [6.07, 6.45) is -1.68. The normalized spacial score (nSPS) is 18.1. The van der Waals surface area contributed by atoms with Crippen LogP contribution in [-0.2, 0) is 10.9 Å². The van der Waals surface area contributed by atoms with Gasteiger partial charge in [-0.15, -0.1) is 0 Å². The summed E-state index contributed by atoms with van der Waals surface area (Å²) < 4.78 is 42.9. The first-order chi connectivity index (χ1) is 10.4. The quantitative estimate of drug-likeness (QED) is 0.571. The maximum Gasteiger partial charge on any atom is 0.417 e. The predicted molar refractivity (Wildman–Crippen MR) is 80.6 cm³/mol. The minimum Gasteiger partial charge on any atom is -0.376 e. The van der Waals surface area contributed by atoms with Crippen LogP contribution in [0.2, 0.25) is 5.02 Å². The fourth-order valence-electron chi connectivity index (χ4n) is 1.86. The van der Waals surface area contributed by atoms with Gasteiger partial charge in [-0.1, -0.05) is 11.6 Å². The molecule has 0 aliphatic carbocycles. The van der Waals surface area contributed by atoms with E-state index in [1.807, 2.05) is 0 Å². The van der Waals surface area contributed by atoms with Crippen LogP contribution in [0.15, 0.2) is 12.3 Å². The molecule has 1 fully saturated rings. The number of ether oxygens (including phenoxy) is 1. The monoisotopic (exact) mass is 354 g/mol. The van der Waals surface area contributed by atoms with Crippen molar-refractivity contribution in [2.24, 2.45) is 0 Å². The summed E-state index contributed by atoms with van der Waals surface area (Å²) in [5.41, 5.74) is 4.26. The lowest BCUT2D eigenvalue weighted by atomic mass is 10.2. The zero-order valence-corrected chi connectivity index (χ0v) is 12.9. The van der Waals surface area contributed by atoms with Crippen molar-refractivity contribution in [2.75, 3.05) is 18.6 Å². The van der Waals surface area contributed by atoms with E-state index in [2.05, 4.69) is 21.2 Å². The number of pyridine rings is 1. The first kappa shape index (κ1) is 17.0. The Hall–Kier alpha value is -1.32. The number of nitrogens with one attached hydrogen (secondary N) is 3. The Morgan fingerprint density at radius 2 is 2.27 bits per heavy atom. The fraction of sp³-hybridized carbons (Fsp3) is 0.500. The molecule has 2 heterocycles. The van der Waals surface area contributed by atoms with Crippen LogP contribution >= 0.6 is 23.8 Å². The number of hydrazine groups is 1. The van der Waals surface area contributed by atoms with Gasteiger partial charge in [0.25, 0.3) is 0 Å². The molecule has 0 aromatic carbocycles. The zero-order valence-electron chi connectivity index (χ0n) is 11.3. The van der Waals surface area contributed by atoms with Crippen molar-refractivity contribution in [1.82, 2.24) is 15.7 Å². The van der Waals surface area contributed by atoms with E-state index in [1.54, 1.807) is 0 Å². The van der Waals surface area contributed by atoms with Crippen LogP contribution in [0.5, 0.6) is 0 Å². The number of rotatable bonds is 4. The largest absolute Gasteiger partial charge is 0.417 e. The number of anilines is 1. The van der Waals surface area contributed by atoms with Gasteiger partial charge in [0.05, 0.1) is 16.7 Å². The molecular weight excluding hydrogens is 341 g/mol. The molecular formula is C12H14ClF3N4OS. The summed E-state index contributed by atoms with van der Waals surface area (Å²) in [5, 5.41) is 3.04. The molecule has 1 atom stereocenters. The van der Waals surface area contributed by atoms with E-state index in [0.29, 0.717) is 12.7 Å². The molecule has 0 radical (unpaired) electrons. The molecule has 1 aromatic heterocycles. The maximum absolute atomic E-state index is 12.5. The van der Waals surface area contributed by atoms with Gasteiger partial charge in [0.1, 0.15) is 0 Å². The molecule has 1 aliphatic heterocycles. The van der Waals surface area contributed by atoms with E-state index in [1.165, 1.54) is 0 Å². The Bertz CT molecular complexity index is 538. The molecule has 22 heavy (non-hydrogen) atoms. The van der Waals surface area contributed by atoms with Crippen molar-refractivity contribution in [3.8, 4) is 0 Å². The number of hydrogen-bond acceptors (Lipinski definition) is 4. The second-order valence-electron chi connectivity index (χ2n) is 4.65. The highest BCUT2D eigenvalue weighted by molar-refractivity contribution is 7.80. The Balaban J connectivity index is 1.82. The first-order valence-electron chi connectivity index (χ1n) is 6.50. The number of halogens is 4. The first-order valence-corrected chi connectivity index (χ1v) is 7.29. The van der Waals surface area contributed by atoms with Crippen LogP contribution in [0.3, 0.4) is 0 Å². The molecule has 2 rings (SSSR count). The van der Waals surface area contributed by atoms with Crippen LogP contribution < -0.4 is 16.2 Å². The number of nitrogens with zero attached hydrogens (tertiary/aromatic N) is 1. The van der Waals surface area contributed by atoms with Gasteiger partial charge >= 0.3 is 6.18 Å². The molecule has 5 nitrogen and oxygen atoms in total. The van der Waals surface area contributed by atoms with E-state index < -0.39 is 11.7 Å². The number of thiocarbonyl (C=S) groups is 1. The van der Waals surface area contributed by atoms with Gasteiger partial charge in [0, 0.05) is 19.3 Å². The Morgan fingerprint density at radius 1 is 1.50 bits per heavy atom. The van der Waals surface area contributed by atoms with Crippen LogP contribution in [0, 0.1) is 0 Å². The average Bonchev–Trinajstić information content (AvgIpc) is 2.96. The van der Waals surface area contributed by atoms with Crippen molar-refractivity contribution < 1.29 is 17.9 Å². The highest BCUT2D eigenvalue weighted by Crippen LogP contribution is 2.32. The lowest BCUT2D eigenvalue weighted by Crippen LogP contribution is -2.42. The van der Waals surface area contributed by atoms with Gasteiger partial charge in [-0.25, -0.2) is 4.98 Å². The van der Waals surface area contributed by atoms with Crippen LogP contribution in [0.1, 0.15) is 18.4 Å². The van der Waals surface area contributed by atoms with Crippen molar-refractivity contribution in [2.45, 2.75) is 25.1 Å². The molecule has 0 saturated carbocycles. The SMILES string of the molecule is FC(F)(F)c1cnc(NNC(=S)NC[C@H]2CCCO2)c(Cl)c1. The summed E-state index contributed by atoms with van der Waals surface area (Å²) in [5.74, 6) is 0.0518. The lowest BCUT2D eigenvalue weighted by molar-refractivity contribution is -0.137. The van der Waals surface area contributed by atoms with Gasteiger partial charge in [0.2, 0.25) is 0 Å². The average molecular weight is 355 g/mol. The molecule has 1 aliphatic rings. The summed E-state index contributed by atoms with van der Waals surface area (Å²) in [4.78, 5) is 3.62. The zero-order chi connectivity index (χ0) is 16.2. The minimum atomic E-state index is -4.49. The van der Waals surface area contributed by atoms with Gasteiger partial charge in [-0.2, -0.15) is 13.2 Å². The smallest absolute Gasteiger partial charge is 0.376 e. The standard InChI is InChI=1S/C12H14ClF3N4OS/c13-9-4-7(12(14,15)16)5-17-10(9)19-20-11(22)18-6-8-2-1-3-21-8/h4-5,8H,1-3,6H2,(H,17,19)(H2,18,20,22)/t8-/m1/s1. The Kier molecular flexibility index (Phi) is 5.65. The summed E-state index contributed by atoms with van der Waals surface area (Å²) >= 11 is 10.8. The molecule has 1 aromatic rings. The van der Waals surface area contributed by atoms with Crippen LogP contribution in [0.25, 0.3) is 0 Å². The summed E-state index contributed by atoms with van der Waals surface area (Å²) in [6, 6.07) is 0.793. The second kappa shape index (κ2) is 7.30. The minimum absolute atomic E-state index is 0.0518. The topological polar surface area (TPSA) is 58.2 Å². The third kappa shape index (κ3) is 4.85. The van der Waals surface area contributed by atoms with E-state index >= 15 is 0 Å². The van der Waals surface area contributed by atoms with Crippen molar-refractivity contribution in [1.29, 1.82) is 0 Å². The molecule has 3 N–H and O–H groups in total. The van der Waals surface area contributed by atoms with Gasteiger partial charge < -0.3 is 10.1 Å². The third-order valence-electron chi connectivity index (χ3n) is 2.98. The number of hydrogen-bond donors (Lipinski definition) is 3. The molecule has 122 valence electrons. The number of aromatic nitrogens is 1.